The van der Waals surface area contributed by atoms with Gasteiger partial charge in [0.25, 0.3) is 0 Å². The van der Waals surface area contributed by atoms with Gasteiger partial charge >= 0.3 is 0 Å². The summed E-state index contributed by atoms with van der Waals surface area (Å²) in [6.45, 7) is 3.17. The van der Waals surface area contributed by atoms with Crippen LogP contribution in [-0.4, -0.2) is 38.9 Å². The molecule has 0 aliphatic carbocycles. The van der Waals surface area contributed by atoms with E-state index in [0.29, 0.717) is 29.8 Å². The average molecular weight is 339 g/mol. The van der Waals surface area contributed by atoms with E-state index in [1.165, 1.54) is 0 Å². The molecule has 2 fully saturated rings. The topological polar surface area (TPSA) is 49.4 Å². The predicted octanol–water partition coefficient (Wildman–Crippen LogP) is 2.10. The van der Waals surface area contributed by atoms with Gasteiger partial charge in [0, 0.05) is 13.1 Å². The summed E-state index contributed by atoms with van der Waals surface area (Å²) in [5, 5.41) is 5.38. The summed E-state index contributed by atoms with van der Waals surface area (Å²) in [7, 11) is -3.37. The van der Waals surface area contributed by atoms with E-state index in [2.05, 4.69) is 5.32 Å². The van der Waals surface area contributed by atoms with Crippen LogP contribution in [0, 0.1) is 11.8 Å². The lowest BCUT2D eigenvalue weighted by Crippen LogP contribution is -2.31. The molecule has 0 aromatic heterocycles. The van der Waals surface area contributed by atoms with Gasteiger partial charge in [0.1, 0.15) is 0 Å². The maximum atomic E-state index is 12.8. The number of hydrogen-bond donors (Lipinski definition) is 1. The Balaban J connectivity index is 0.00000144. The molecule has 0 unspecified atom stereocenters. The minimum Gasteiger partial charge on any atom is -0.316 e. The summed E-state index contributed by atoms with van der Waals surface area (Å²) in [6, 6.07) is 13.3. The summed E-state index contributed by atoms with van der Waals surface area (Å²) in [6.07, 6.45) is 0. The van der Waals surface area contributed by atoms with Gasteiger partial charge in [-0.15, -0.1) is 12.4 Å². The summed E-state index contributed by atoms with van der Waals surface area (Å²) in [5.41, 5.74) is 0. The van der Waals surface area contributed by atoms with E-state index in [1.807, 2.05) is 30.3 Å². The molecule has 2 saturated heterocycles. The van der Waals surface area contributed by atoms with Crippen LogP contribution in [0.3, 0.4) is 0 Å². The van der Waals surface area contributed by atoms with Crippen LogP contribution in [0.2, 0.25) is 0 Å². The van der Waals surface area contributed by atoms with Crippen LogP contribution >= 0.6 is 12.4 Å². The maximum Gasteiger partial charge on any atom is 0.243 e. The first kappa shape index (κ1) is 15.7. The van der Waals surface area contributed by atoms with Gasteiger partial charge in [0.2, 0.25) is 10.0 Å². The van der Waals surface area contributed by atoms with Crippen LogP contribution < -0.4 is 5.32 Å². The summed E-state index contributed by atoms with van der Waals surface area (Å²) >= 11 is 0. The fourth-order valence-electron chi connectivity index (χ4n) is 3.49. The zero-order chi connectivity index (χ0) is 14.4. The van der Waals surface area contributed by atoms with Crippen molar-refractivity contribution in [2.75, 3.05) is 26.2 Å². The van der Waals surface area contributed by atoms with Gasteiger partial charge in [0.15, 0.2) is 0 Å². The van der Waals surface area contributed by atoms with Gasteiger partial charge < -0.3 is 5.32 Å². The monoisotopic (exact) mass is 338 g/mol. The molecule has 2 aliphatic heterocycles. The van der Waals surface area contributed by atoms with Gasteiger partial charge in [0.05, 0.1) is 4.90 Å². The zero-order valence-corrected chi connectivity index (χ0v) is 13.7. The molecule has 2 heterocycles. The van der Waals surface area contributed by atoms with Crippen molar-refractivity contribution < 1.29 is 8.42 Å². The highest BCUT2D eigenvalue weighted by atomic mass is 35.5. The summed E-state index contributed by atoms with van der Waals surface area (Å²) < 4.78 is 27.3. The largest absolute Gasteiger partial charge is 0.316 e. The Bertz CT molecular complexity index is 782. The third-order valence-corrected chi connectivity index (χ3v) is 6.54. The summed E-state index contributed by atoms with van der Waals surface area (Å²) in [5.74, 6) is 0.945. The standard InChI is InChI=1S/C16H18N2O2S.ClH/c19-21(20,18-10-14-8-17-9-15(14)11-18)16-6-5-12-3-1-2-4-13(12)7-16;/h1-7,14-15,17H,8-11H2;1H/t14-,15+;. The van der Waals surface area contributed by atoms with Crippen LogP contribution in [0.4, 0.5) is 0 Å². The molecule has 6 heteroatoms. The SMILES string of the molecule is Cl.O=S(=O)(c1ccc2ccccc2c1)N1C[C@H]2CNC[C@H]2C1. The van der Waals surface area contributed by atoms with E-state index < -0.39 is 10.0 Å². The second-order valence-corrected chi connectivity index (χ2v) is 7.95. The van der Waals surface area contributed by atoms with Crippen molar-refractivity contribution >= 4 is 33.2 Å². The Kier molecular flexibility index (Phi) is 4.16. The van der Waals surface area contributed by atoms with E-state index in [9.17, 15) is 8.42 Å². The molecule has 0 bridgehead atoms. The molecule has 0 amide bonds. The molecule has 2 aromatic rings. The molecule has 0 spiro atoms. The molecule has 1 N–H and O–H groups in total. The quantitative estimate of drug-likeness (QED) is 0.912. The minimum absolute atomic E-state index is 0. The van der Waals surface area contributed by atoms with Crippen LogP contribution in [-0.2, 0) is 10.0 Å². The van der Waals surface area contributed by atoms with E-state index in [4.69, 9.17) is 0 Å². The van der Waals surface area contributed by atoms with Crippen molar-refractivity contribution in [1.29, 1.82) is 0 Å². The van der Waals surface area contributed by atoms with Gasteiger partial charge in [-0.2, -0.15) is 4.31 Å². The van der Waals surface area contributed by atoms with Gasteiger partial charge in [-0.1, -0.05) is 30.3 Å². The molecule has 2 atom stereocenters. The van der Waals surface area contributed by atoms with Crippen LogP contribution in [0.5, 0.6) is 0 Å². The first-order valence-electron chi connectivity index (χ1n) is 7.34. The molecular weight excluding hydrogens is 320 g/mol. The van der Waals surface area contributed by atoms with Crippen molar-refractivity contribution in [3.63, 3.8) is 0 Å². The van der Waals surface area contributed by atoms with Crippen molar-refractivity contribution in [3.05, 3.63) is 42.5 Å². The molecule has 118 valence electrons. The smallest absolute Gasteiger partial charge is 0.243 e. The first-order valence-corrected chi connectivity index (χ1v) is 8.78. The molecule has 0 radical (unpaired) electrons. The highest BCUT2D eigenvalue weighted by Crippen LogP contribution is 2.31. The lowest BCUT2D eigenvalue weighted by molar-refractivity contribution is 0.448. The van der Waals surface area contributed by atoms with Crippen molar-refractivity contribution in [3.8, 4) is 0 Å². The number of rotatable bonds is 2. The maximum absolute atomic E-state index is 12.8. The number of nitrogens with zero attached hydrogens (tertiary/aromatic N) is 1. The van der Waals surface area contributed by atoms with Crippen LogP contribution in [0.1, 0.15) is 0 Å². The Morgan fingerprint density at radius 1 is 0.955 bits per heavy atom. The van der Waals surface area contributed by atoms with Crippen LogP contribution in [0.15, 0.2) is 47.4 Å². The highest BCUT2D eigenvalue weighted by Gasteiger charge is 2.41. The normalized spacial score (nSPS) is 25.1. The average Bonchev–Trinajstić information content (AvgIpc) is 3.08. The van der Waals surface area contributed by atoms with Gasteiger partial charge in [-0.25, -0.2) is 8.42 Å². The Hall–Kier alpha value is -1.14. The Labute approximate surface area is 137 Å². The highest BCUT2D eigenvalue weighted by molar-refractivity contribution is 7.89. The number of nitrogens with one attached hydrogen (secondary N) is 1. The molecule has 22 heavy (non-hydrogen) atoms. The number of fused-ring (bicyclic) bond motifs is 2. The molecular formula is C16H19ClN2O2S. The van der Waals surface area contributed by atoms with Crippen molar-refractivity contribution in [2.45, 2.75) is 4.90 Å². The third-order valence-electron chi connectivity index (χ3n) is 4.71. The fourth-order valence-corrected chi connectivity index (χ4v) is 5.08. The Morgan fingerprint density at radius 2 is 1.59 bits per heavy atom. The number of benzene rings is 2. The van der Waals surface area contributed by atoms with E-state index in [0.717, 1.165) is 23.9 Å². The predicted molar refractivity (Wildman–Crippen MR) is 89.8 cm³/mol. The number of sulfonamides is 1. The molecule has 0 saturated carbocycles. The first-order chi connectivity index (χ1) is 10.1. The Morgan fingerprint density at radius 3 is 2.27 bits per heavy atom. The van der Waals surface area contributed by atoms with Gasteiger partial charge in [-0.3, -0.25) is 0 Å². The molecule has 2 aromatic carbocycles. The third kappa shape index (κ3) is 2.52. The van der Waals surface area contributed by atoms with Crippen LogP contribution in [0.25, 0.3) is 10.8 Å². The van der Waals surface area contributed by atoms with Crippen molar-refractivity contribution in [1.82, 2.24) is 9.62 Å². The van der Waals surface area contributed by atoms with Crippen molar-refractivity contribution in [2.24, 2.45) is 11.8 Å². The van der Waals surface area contributed by atoms with E-state index in [1.54, 1.807) is 16.4 Å². The van der Waals surface area contributed by atoms with E-state index >= 15 is 0 Å². The minimum atomic E-state index is -3.37. The second-order valence-electron chi connectivity index (χ2n) is 6.01. The van der Waals surface area contributed by atoms with Gasteiger partial charge in [-0.05, 0) is 47.8 Å². The number of hydrogen-bond acceptors (Lipinski definition) is 3. The van der Waals surface area contributed by atoms with E-state index in [-0.39, 0.29) is 12.4 Å². The molecule has 4 rings (SSSR count). The molecule has 4 nitrogen and oxygen atoms in total. The summed E-state index contributed by atoms with van der Waals surface area (Å²) in [4.78, 5) is 0.411. The lowest BCUT2D eigenvalue weighted by atomic mass is 10.0. The number of halogens is 1. The fraction of sp³-hybridized carbons (Fsp3) is 0.375. The molecule has 2 aliphatic rings. The zero-order valence-electron chi connectivity index (χ0n) is 12.1. The second kappa shape index (κ2) is 5.81. The lowest BCUT2D eigenvalue weighted by Gasteiger charge is -2.17.